The van der Waals surface area contributed by atoms with Crippen molar-refractivity contribution in [1.82, 2.24) is 5.06 Å². The highest BCUT2D eigenvalue weighted by Crippen LogP contribution is 2.32. The number of aryl methyl sites for hydroxylation is 2. The quantitative estimate of drug-likeness (QED) is 0.879. The molecule has 3 rings (SSSR count). The van der Waals surface area contributed by atoms with E-state index in [1.54, 1.807) is 12.1 Å². The van der Waals surface area contributed by atoms with Crippen LogP contribution >= 0.6 is 11.6 Å². The van der Waals surface area contributed by atoms with E-state index in [1.165, 1.54) is 6.34 Å². The summed E-state index contributed by atoms with van der Waals surface area (Å²) in [7, 11) is 0. The molecule has 1 aliphatic heterocycles. The van der Waals surface area contributed by atoms with Crippen molar-refractivity contribution in [3.05, 3.63) is 63.7 Å². The van der Waals surface area contributed by atoms with E-state index < -0.39 is 6.04 Å². The molecule has 0 bridgehead atoms. The highest BCUT2D eigenvalue weighted by Gasteiger charge is 2.28. The van der Waals surface area contributed by atoms with Crippen LogP contribution in [0, 0.1) is 13.8 Å². The molecule has 0 fully saturated rings. The molecule has 6 heteroatoms. The van der Waals surface area contributed by atoms with Crippen molar-refractivity contribution >= 4 is 23.7 Å². The second-order valence-corrected chi connectivity index (χ2v) is 5.95. The maximum atomic E-state index is 10.3. The summed E-state index contributed by atoms with van der Waals surface area (Å²) in [6, 6.07) is 10.4. The average molecular weight is 330 g/mol. The number of hydrogen-bond donors (Lipinski definition) is 2. The summed E-state index contributed by atoms with van der Waals surface area (Å²) in [5.41, 5.74) is 3.73. The van der Waals surface area contributed by atoms with Gasteiger partial charge in [-0.15, -0.1) is 5.10 Å². The molecule has 0 spiro atoms. The molecule has 1 heterocycles. The maximum absolute atomic E-state index is 10.3. The van der Waals surface area contributed by atoms with Crippen LogP contribution in [-0.2, 0) is 0 Å². The third kappa shape index (κ3) is 2.93. The summed E-state index contributed by atoms with van der Waals surface area (Å²) in [5.74, 6) is 0.257. The van der Waals surface area contributed by atoms with Gasteiger partial charge in [-0.05, 0) is 54.8 Å². The Labute approximate surface area is 139 Å². The number of rotatable bonds is 2. The molecule has 2 aromatic rings. The lowest BCUT2D eigenvalue weighted by atomic mass is 9.93. The lowest BCUT2D eigenvalue weighted by Gasteiger charge is -2.28. The van der Waals surface area contributed by atoms with E-state index in [4.69, 9.17) is 11.6 Å². The maximum Gasteiger partial charge on any atom is 0.139 e. The Morgan fingerprint density at radius 1 is 1.09 bits per heavy atom. The van der Waals surface area contributed by atoms with Crippen molar-refractivity contribution in [1.29, 1.82) is 0 Å². The molecule has 1 unspecified atom stereocenters. The zero-order valence-electron chi connectivity index (χ0n) is 12.7. The Kier molecular flexibility index (Phi) is 4.07. The van der Waals surface area contributed by atoms with Gasteiger partial charge < -0.3 is 5.11 Å². The van der Waals surface area contributed by atoms with Crippen molar-refractivity contribution < 1.29 is 10.3 Å². The van der Waals surface area contributed by atoms with Crippen LogP contribution in [0.5, 0.6) is 5.75 Å². The largest absolute Gasteiger partial charge is 0.507 e. The van der Waals surface area contributed by atoms with E-state index in [0.717, 1.165) is 27.3 Å². The standard InChI is InChI=1S/C17H16ClN3O2/c1-10-7-13(8-11(2)17(10)22)16-15(20-19-9-21(16)23)12-3-5-14(18)6-4-12/h3-9,16,22-23H,1-2H3. The molecule has 0 aliphatic carbocycles. The third-order valence-corrected chi connectivity index (χ3v) is 4.08. The van der Waals surface area contributed by atoms with Gasteiger partial charge in [-0.25, -0.2) is 5.06 Å². The zero-order chi connectivity index (χ0) is 16.6. The SMILES string of the molecule is Cc1cc(C2C(c3ccc(Cl)cc3)=NN=CN2O)cc(C)c1O. The highest BCUT2D eigenvalue weighted by atomic mass is 35.5. The minimum absolute atomic E-state index is 0.257. The Morgan fingerprint density at radius 3 is 2.30 bits per heavy atom. The summed E-state index contributed by atoms with van der Waals surface area (Å²) >= 11 is 5.93. The predicted molar refractivity (Wildman–Crippen MR) is 90.4 cm³/mol. The summed E-state index contributed by atoms with van der Waals surface area (Å²) < 4.78 is 0. The lowest BCUT2D eigenvalue weighted by molar-refractivity contribution is -0.0290. The van der Waals surface area contributed by atoms with E-state index in [9.17, 15) is 10.3 Å². The second kappa shape index (κ2) is 6.02. The number of nitrogens with zero attached hydrogens (tertiary/aromatic N) is 3. The topological polar surface area (TPSA) is 68.4 Å². The van der Waals surface area contributed by atoms with Gasteiger partial charge in [0, 0.05) is 10.6 Å². The van der Waals surface area contributed by atoms with Gasteiger partial charge in [0.05, 0.1) is 5.71 Å². The molecule has 23 heavy (non-hydrogen) atoms. The molecule has 1 aliphatic rings. The first kappa shape index (κ1) is 15.5. The molecule has 5 nitrogen and oxygen atoms in total. The molecule has 0 saturated carbocycles. The van der Waals surface area contributed by atoms with Crippen LogP contribution in [-0.4, -0.2) is 27.4 Å². The fraction of sp³-hybridized carbons (Fsp3) is 0.176. The van der Waals surface area contributed by atoms with E-state index in [2.05, 4.69) is 10.2 Å². The lowest BCUT2D eigenvalue weighted by Crippen LogP contribution is -2.33. The summed E-state index contributed by atoms with van der Waals surface area (Å²) in [6.07, 6.45) is 1.27. The van der Waals surface area contributed by atoms with Crippen molar-refractivity contribution in [2.24, 2.45) is 10.2 Å². The molecule has 118 valence electrons. The normalized spacial score (nSPS) is 17.3. The average Bonchev–Trinajstić information content (AvgIpc) is 2.52. The summed E-state index contributed by atoms with van der Waals surface area (Å²) in [6.45, 7) is 3.65. The van der Waals surface area contributed by atoms with Crippen LogP contribution in [0.4, 0.5) is 0 Å². The Hall–Kier alpha value is -2.37. The minimum Gasteiger partial charge on any atom is -0.507 e. The molecule has 0 amide bonds. The monoisotopic (exact) mass is 329 g/mol. The number of halogens is 1. The van der Waals surface area contributed by atoms with Gasteiger partial charge in [-0.2, -0.15) is 5.10 Å². The van der Waals surface area contributed by atoms with Crippen LogP contribution < -0.4 is 0 Å². The highest BCUT2D eigenvalue weighted by molar-refractivity contribution is 6.30. The number of benzene rings is 2. The molecule has 2 aromatic carbocycles. The molecule has 2 N–H and O–H groups in total. The molecule has 0 aromatic heterocycles. The van der Waals surface area contributed by atoms with E-state index >= 15 is 0 Å². The van der Waals surface area contributed by atoms with Gasteiger partial charge >= 0.3 is 0 Å². The second-order valence-electron chi connectivity index (χ2n) is 5.51. The number of phenolic OH excluding ortho intramolecular Hbond substituents is 1. The zero-order valence-corrected chi connectivity index (χ0v) is 13.5. The van der Waals surface area contributed by atoms with Crippen LogP contribution in [0.25, 0.3) is 0 Å². The van der Waals surface area contributed by atoms with Gasteiger partial charge in [-0.3, -0.25) is 5.21 Å². The fourth-order valence-electron chi connectivity index (χ4n) is 2.68. The van der Waals surface area contributed by atoms with Gasteiger partial charge in [-0.1, -0.05) is 23.7 Å². The van der Waals surface area contributed by atoms with Crippen molar-refractivity contribution in [2.45, 2.75) is 19.9 Å². The van der Waals surface area contributed by atoms with Crippen LogP contribution in [0.3, 0.4) is 0 Å². The first-order valence-electron chi connectivity index (χ1n) is 7.11. The number of phenols is 1. The molecular formula is C17H16ClN3O2. The summed E-state index contributed by atoms with van der Waals surface area (Å²) in [5, 5.41) is 29.9. The van der Waals surface area contributed by atoms with Crippen LogP contribution in [0.15, 0.2) is 46.6 Å². The molecule has 0 saturated heterocycles. The Balaban J connectivity index is 2.10. The molecular weight excluding hydrogens is 314 g/mol. The van der Waals surface area contributed by atoms with Crippen LogP contribution in [0.2, 0.25) is 5.02 Å². The molecule has 1 atom stereocenters. The van der Waals surface area contributed by atoms with E-state index in [0.29, 0.717) is 10.7 Å². The van der Waals surface area contributed by atoms with E-state index in [1.807, 2.05) is 38.1 Å². The first-order valence-corrected chi connectivity index (χ1v) is 7.49. The van der Waals surface area contributed by atoms with Crippen LogP contribution in [0.1, 0.15) is 28.3 Å². The first-order chi connectivity index (χ1) is 11.0. The third-order valence-electron chi connectivity index (χ3n) is 3.83. The van der Waals surface area contributed by atoms with Gasteiger partial charge in [0.25, 0.3) is 0 Å². The predicted octanol–water partition coefficient (Wildman–Crippen LogP) is 3.84. The number of aromatic hydroxyl groups is 1. The van der Waals surface area contributed by atoms with Crippen molar-refractivity contribution in [2.75, 3.05) is 0 Å². The number of hydroxylamine groups is 2. The summed E-state index contributed by atoms with van der Waals surface area (Å²) in [4.78, 5) is 0. The van der Waals surface area contributed by atoms with Gasteiger partial charge in [0.1, 0.15) is 18.1 Å². The van der Waals surface area contributed by atoms with Gasteiger partial charge in [0.2, 0.25) is 0 Å². The minimum atomic E-state index is -0.508. The molecule has 0 radical (unpaired) electrons. The van der Waals surface area contributed by atoms with Crippen molar-refractivity contribution in [3.8, 4) is 5.75 Å². The van der Waals surface area contributed by atoms with Crippen molar-refractivity contribution in [3.63, 3.8) is 0 Å². The fourth-order valence-corrected chi connectivity index (χ4v) is 2.81. The van der Waals surface area contributed by atoms with E-state index in [-0.39, 0.29) is 5.75 Å². The van der Waals surface area contributed by atoms with Gasteiger partial charge in [0.15, 0.2) is 0 Å². The Morgan fingerprint density at radius 2 is 1.70 bits per heavy atom. The Bertz CT molecular complexity index is 777. The smallest absolute Gasteiger partial charge is 0.139 e. The number of hydrogen-bond acceptors (Lipinski definition) is 5.